The zero-order valence-corrected chi connectivity index (χ0v) is 10.8. The molecule has 0 amide bonds. The van der Waals surface area contributed by atoms with E-state index >= 15 is 0 Å². The molecule has 0 aliphatic carbocycles. The molecule has 18 heavy (non-hydrogen) atoms. The molecule has 0 N–H and O–H groups in total. The van der Waals surface area contributed by atoms with Crippen molar-refractivity contribution < 1.29 is 4.74 Å². The third-order valence-electron chi connectivity index (χ3n) is 2.73. The smallest absolute Gasteiger partial charge is 0.137 e. The second-order valence-corrected chi connectivity index (χ2v) is 4.20. The number of unbranched alkanes of at least 4 members (excludes halogenated alkanes) is 4. The zero-order chi connectivity index (χ0) is 13.2. The van der Waals surface area contributed by atoms with E-state index < -0.39 is 0 Å². The first-order valence-electron chi connectivity index (χ1n) is 6.39. The fraction of sp³-hybridized carbons (Fsp3) is 0.467. The van der Waals surface area contributed by atoms with Crippen LogP contribution >= 0.6 is 0 Å². The molecule has 0 spiro atoms. The number of rotatable bonds is 7. The second-order valence-electron chi connectivity index (χ2n) is 4.20. The van der Waals surface area contributed by atoms with Gasteiger partial charge in [0.15, 0.2) is 0 Å². The van der Waals surface area contributed by atoms with Gasteiger partial charge in [-0.25, -0.2) is 0 Å². The Labute approximate surface area is 109 Å². The van der Waals surface area contributed by atoms with Crippen LogP contribution in [0, 0.1) is 22.7 Å². The van der Waals surface area contributed by atoms with Crippen LogP contribution in [0.5, 0.6) is 5.75 Å². The summed E-state index contributed by atoms with van der Waals surface area (Å²) in [6, 6.07) is 9.00. The van der Waals surface area contributed by atoms with Crippen LogP contribution in [0.4, 0.5) is 0 Å². The molecule has 3 heteroatoms. The number of hydrogen-bond donors (Lipinski definition) is 0. The predicted molar refractivity (Wildman–Crippen MR) is 70.1 cm³/mol. The van der Waals surface area contributed by atoms with Crippen molar-refractivity contribution in [2.24, 2.45) is 0 Å². The highest BCUT2D eigenvalue weighted by Crippen LogP contribution is 2.19. The highest BCUT2D eigenvalue weighted by molar-refractivity contribution is 5.48. The molecule has 1 aromatic carbocycles. The Kier molecular flexibility index (Phi) is 6.36. The van der Waals surface area contributed by atoms with E-state index in [9.17, 15) is 0 Å². The third kappa shape index (κ3) is 4.47. The van der Waals surface area contributed by atoms with Gasteiger partial charge >= 0.3 is 0 Å². The van der Waals surface area contributed by atoms with Crippen LogP contribution in [0.25, 0.3) is 0 Å². The lowest BCUT2D eigenvalue weighted by Crippen LogP contribution is -1.99. The van der Waals surface area contributed by atoms with Gasteiger partial charge in [-0.2, -0.15) is 10.5 Å². The Hall–Kier alpha value is -2.00. The van der Waals surface area contributed by atoms with Crippen molar-refractivity contribution >= 4 is 0 Å². The molecule has 0 saturated heterocycles. The summed E-state index contributed by atoms with van der Waals surface area (Å²) in [5.41, 5.74) is 0.921. The Bertz CT molecular complexity index is 455. The largest absolute Gasteiger partial charge is 0.492 e. The predicted octanol–water partition coefficient (Wildman–Crippen LogP) is 3.78. The normalized spacial score (nSPS) is 9.50. The molecule has 1 aromatic rings. The van der Waals surface area contributed by atoms with Gasteiger partial charge in [-0.3, -0.25) is 0 Å². The molecule has 0 bridgehead atoms. The van der Waals surface area contributed by atoms with Crippen molar-refractivity contribution in [1.29, 1.82) is 10.5 Å². The van der Waals surface area contributed by atoms with Gasteiger partial charge in [0.25, 0.3) is 0 Å². The minimum Gasteiger partial charge on any atom is -0.492 e. The van der Waals surface area contributed by atoms with Crippen molar-refractivity contribution in [2.75, 3.05) is 6.61 Å². The minimum absolute atomic E-state index is 0.433. The van der Waals surface area contributed by atoms with Gasteiger partial charge in [0.2, 0.25) is 0 Å². The molecule has 0 aliphatic heterocycles. The van der Waals surface area contributed by atoms with Crippen LogP contribution in [0.3, 0.4) is 0 Å². The number of nitrogens with zero attached hydrogens (tertiary/aromatic N) is 2. The molecule has 0 aromatic heterocycles. The van der Waals surface area contributed by atoms with E-state index in [-0.39, 0.29) is 0 Å². The average Bonchev–Trinajstić information content (AvgIpc) is 2.42. The van der Waals surface area contributed by atoms with Gasteiger partial charge in [0.05, 0.1) is 23.8 Å². The van der Waals surface area contributed by atoms with Crippen LogP contribution in [-0.2, 0) is 0 Å². The summed E-state index contributed by atoms with van der Waals surface area (Å²) in [7, 11) is 0. The molecule has 0 saturated carbocycles. The first-order valence-corrected chi connectivity index (χ1v) is 6.39. The van der Waals surface area contributed by atoms with E-state index in [1.807, 2.05) is 6.07 Å². The number of ether oxygens (including phenoxy) is 1. The number of nitriles is 2. The van der Waals surface area contributed by atoms with Crippen molar-refractivity contribution in [3.05, 3.63) is 29.3 Å². The van der Waals surface area contributed by atoms with Crippen LogP contribution in [0.15, 0.2) is 18.2 Å². The first kappa shape index (κ1) is 14.1. The van der Waals surface area contributed by atoms with Gasteiger partial charge in [-0.1, -0.05) is 32.6 Å². The van der Waals surface area contributed by atoms with Gasteiger partial charge < -0.3 is 4.74 Å². The molecular formula is C15H18N2O. The fourth-order valence-electron chi connectivity index (χ4n) is 1.70. The summed E-state index contributed by atoms with van der Waals surface area (Å²) >= 11 is 0. The van der Waals surface area contributed by atoms with Crippen LogP contribution < -0.4 is 4.74 Å². The van der Waals surface area contributed by atoms with Gasteiger partial charge in [0, 0.05) is 0 Å². The maximum Gasteiger partial charge on any atom is 0.137 e. The highest BCUT2D eigenvalue weighted by atomic mass is 16.5. The van der Waals surface area contributed by atoms with Gasteiger partial charge in [-0.05, 0) is 24.6 Å². The number of hydrogen-bond acceptors (Lipinski definition) is 3. The Morgan fingerprint density at radius 1 is 1.06 bits per heavy atom. The van der Waals surface area contributed by atoms with Gasteiger partial charge in [0.1, 0.15) is 11.8 Å². The van der Waals surface area contributed by atoms with E-state index in [4.69, 9.17) is 15.3 Å². The fourth-order valence-corrected chi connectivity index (χ4v) is 1.70. The van der Waals surface area contributed by atoms with E-state index in [0.717, 1.165) is 12.8 Å². The Balaban J connectivity index is 2.43. The highest BCUT2D eigenvalue weighted by Gasteiger charge is 2.04. The lowest BCUT2D eigenvalue weighted by molar-refractivity contribution is 0.303. The number of benzene rings is 1. The zero-order valence-electron chi connectivity index (χ0n) is 10.8. The molecule has 0 unspecified atom stereocenters. The maximum absolute atomic E-state index is 8.97. The van der Waals surface area contributed by atoms with E-state index in [1.54, 1.807) is 18.2 Å². The van der Waals surface area contributed by atoms with Gasteiger partial charge in [-0.15, -0.1) is 0 Å². The molecular weight excluding hydrogens is 224 g/mol. The van der Waals surface area contributed by atoms with Crippen LogP contribution in [0.1, 0.15) is 50.2 Å². The monoisotopic (exact) mass is 242 g/mol. The SMILES string of the molecule is CCCCCCCOc1ccc(C#N)cc1C#N. The van der Waals surface area contributed by atoms with Crippen LogP contribution in [-0.4, -0.2) is 6.61 Å². The van der Waals surface area contributed by atoms with E-state index in [2.05, 4.69) is 13.0 Å². The minimum atomic E-state index is 0.433. The third-order valence-corrected chi connectivity index (χ3v) is 2.73. The van der Waals surface area contributed by atoms with Crippen molar-refractivity contribution in [1.82, 2.24) is 0 Å². The summed E-state index contributed by atoms with van der Waals surface area (Å²) in [6.45, 7) is 2.82. The molecule has 94 valence electrons. The van der Waals surface area contributed by atoms with Crippen molar-refractivity contribution in [3.8, 4) is 17.9 Å². The van der Waals surface area contributed by atoms with Crippen molar-refractivity contribution in [3.63, 3.8) is 0 Å². The topological polar surface area (TPSA) is 56.8 Å². The first-order chi connectivity index (χ1) is 8.81. The lowest BCUT2D eigenvalue weighted by atomic mass is 10.1. The molecule has 0 atom stereocenters. The molecule has 0 heterocycles. The summed E-state index contributed by atoms with van der Waals surface area (Å²) in [6.07, 6.45) is 5.89. The van der Waals surface area contributed by atoms with E-state index in [0.29, 0.717) is 23.5 Å². The summed E-state index contributed by atoms with van der Waals surface area (Å²) in [5.74, 6) is 0.576. The maximum atomic E-state index is 8.97. The standard InChI is InChI=1S/C15H18N2O/c1-2-3-4-5-6-9-18-15-8-7-13(11-16)10-14(15)12-17/h7-8,10H,2-6,9H2,1H3. The van der Waals surface area contributed by atoms with Crippen molar-refractivity contribution in [2.45, 2.75) is 39.0 Å². The quantitative estimate of drug-likeness (QED) is 0.684. The molecule has 1 rings (SSSR count). The molecule has 0 radical (unpaired) electrons. The second kappa shape index (κ2) is 8.14. The Morgan fingerprint density at radius 3 is 2.50 bits per heavy atom. The average molecular weight is 242 g/mol. The van der Waals surface area contributed by atoms with Crippen LogP contribution in [0.2, 0.25) is 0 Å². The van der Waals surface area contributed by atoms with E-state index in [1.165, 1.54) is 19.3 Å². The lowest BCUT2D eigenvalue weighted by Gasteiger charge is -2.07. The molecule has 0 aliphatic rings. The summed E-state index contributed by atoms with van der Waals surface area (Å²) < 4.78 is 5.58. The Morgan fingerprint density at radius 2 is 1.83 bits per heavy atom. The summed E-state index contributed by atoms with van der Waals surface area (Å²) in [4.78, 5) is 0. The molecule has 3 nitrogen and oxygen atoms in total. The summed E-state index contributed by atoms with van der Waals surface area (Å²) in [5, 5.41) is 17.7. The molecule has 0 fully saturated rings.